The minimum Gasteiger partial charge on any atom is -0.478 e. The second-order valence-electron chi connectivity index (χ2n) is 6.20. The first-order valence-corrected chi connectivity index (χ1v) is 7.04. The maximum atomic E-state index is 10.8. The van der Waals surface area contributed by atoms with Crippen LogP contribution in [0.1, 0.15) is 49.0 Å². The van der Waals surface area contributed by atoms with Crippen LogP contribution >= 0.6 is 0 Å². The zero-order valence-corrected chi connectivity index (χ0v) is 11.8. The second kappa shape index (κ2) is 5.74. The van der Waals surface area contributed by atoms with Gasteiger partial charge >= 0.3 is 5.97 Å². The number of hydrogen-bond donors (Lipinski definition) is 2. The highest BCUT2D eigenvalue weighted by Gasteiger charge is 2.41. The van der Waals surface area contributed by atoms with Gasteiger partial charge in [-0.15, -0.1) is 0 Å². The first-order chi connectivity index (χ1) is 9.01. The summed E-state index contributed by atoms with van der Waals surface area (Å²) in [6, 6.07) is 7.11. The zero-order valence-electron chi connectivity index (χ0n) is 11.8. The fourth-order valence-corrected chi connectivity index (χ4v) is 2.73. The van der Waals surface area contributed by atoms with Gasteiger partial charge in [0.1, 0.15) is 0 Å². The average Bonchev–Trinajstić information content (AvgIpc) is 3.08. The van der Waals surface area contributed by atoms with Gasteiger partial charge in [0.05, 0.1) is 5.56 Å². The lowest BCUT2D eigenvalue weighted by molar-refractivity contribution is 0.0697. The monoisotopic (exact) mass is 261 g/mol. The molecule has 1 aromatic rings. The normalized spacial score (nSPS) is 16.6. The fraction of sp³-hybridized carbons (Fsp3) is 0.562. The van der Waals surface area contributed by atoms with Crippen LogP contribution in [0.2, 0.25) is 0 Å². The number of rotatable bonds is 7. The molecule has 0 atom stereocenters. The molecule has 3 heteroatoms. The Morgan fingerprint density at radius 1 is 1.32 bits per heavy atom. The van der Waals surface area contributed by atoms with Crippen molar-refractivity contribution < 1.29 is 9.90 Å². The lowest BCUT2D eigenvalue weighted by atomic mass is 9.94. The van der Waals surface area contributed by atoms with Crippen LogP contribution in [0.3, 0.4) is 0 Å². The summed E-state index contributed by atoms with van der Waals surface area (Å²) in [5.41, 5.74) is 2.03. The van der Waals surface area contributed by atoms with E-state index in [2.05, 4.69) is 19.2 Å². The molecule has 0 aliphatic heterocycles. The summed E-state index contributed by atoms with van der Waals surface area (Å²) in [5.74, 6) is -0.104. The van der Waals surface area contributed by atoms with Gasteiger partial charge in [-0.1, -0.05) is 26.0 Å². The molecule has 1 saturated carbocycles. The Kier molecular flexibility index (Phi) is 4.25. The molecule has 0 radical (unpaired) electrons. The van der Waals surface area contributed by atoms with Crippen molar-refractivity contribution in [2.45, 2.75) is 39.7 Å². The van der Waals surface area contributed by atoms with Crippen molar-refractivity contribution in [1.29, 1.82) is 0 Å². The Morgan fingerprint density at radius 2 is 1.95 bits per heavy atom. The molecule has 0 unspecified atom stereocenters. The maximum absolute atomic E-state index is 10.8. The topological polar surface area (TPSA) is 49.3 Å². The van der Waals surface area contributed by atoms with Crippen LogP contribution in [0.15, 0.2) is 24.3 Å². The van der Waals surface area contributed by atoms with Crippen molar-refractivity contribution in [1.82, 2.24) is 5.32 Å². The van der Waals surface area contributed by atoms with E-state index in [1.807, 2.05) is 12.1 Å². The van der Waals surface area contributed by atoms with Gasteiger partial charge in [0.25, 0.3) is 0 Å². The number of hydrogen-bond acceptors (Lipinski definition) is 2. The second-order valence-corrected chi connectivity index (χ2v) is 6.20. The summed E-state index contributed by atoms with van der Waals surface area (Å²) in [7, 11) is 0. The largest absolute Gasteiger partial charge is 0.478 e. The van der Waals surface area contributed by atoms with Gasteiger partial charge in [0, 0.05) is 13.1 Å². The molecular weight excluding hydrogens is 238 g/mol. The Balaban J connectivity index is 1.78. The van der Waals surface area contributed by atoms with Gasteiger partial charge in [0.2, 0.25) is 0 Å². The Morgan fingerprint density at radius 3 is 2.42 bits per heavy atom. The van der Waals surface area contributed by atoms with E-state index in [1.165, 1.54) is 19.3 Å². The summed E-state index contributed by atoms with van der Waals surface area (Å²) in [6.45, 7) is 6.46. The summed E-state index contributed by atoms with van der Waals surface area (Å²) in [5, 5.41) is 12.3. The van der Waals surface area contributed by atoms with E-state index < -0.39 is 5.97 Å². The van der Waals surface area contributed by atoms with Crippen LogP contribution in [0.4, 0.5) is 0 Å². The van der Waals surface area contributed by atoms with Gasteiger partial charge in [-0.05, 0) is 48.3 Å². The van der Waals surface area contributed by atoms with Crippen molar-refractivity contribution >= 4 is 5.97 Å². The molecule has 0 bridgehead atoms. The van der Waals surface area contributed by atoms with Gasteiger partial charge in [-0.3, -0.25) is 0 Å². The summed E-state index contributed by atoms with van der Waals surface area (Å²) in [4.78, 5) is 10.8. The number of aromatic carboxylic acids is 1. The highest BCUT2D eigenvalue weighted by Crippen LogP contribution is 2.50. The molecule has 2 N–H and O–H groups in total. The van der Waals surface area contributed by atoms with Gasteiger partial charge < -0.3 is 10.4 Å². The lowest BCUT2D eigenvalue weighted by Gasteiger charge is -2.18. The third-order valence-corrected chi connectivity index (χ3v) is 3.83. The van der Waals surface area contributed by atoms with E-state index in [-0.39, 0.29) is 0 Å². The van der Waals surface area contributed by atoms with Gasteiger partial charge in [-0.2, -0.15) is 0 Å². The summed E-state index contributed by atoms with van der Waals surface area (Å²) < 4.78 is 0. The van der Waals surface area contributed by atoms with E-state index >= 15 is 0 Å². The molecule has 1 aliphatic carbocycles. The minimum absolute atomic E-state index is 0.349. The van der Waals surface area contributed by atoms with E-state index in [1.54, 1.807) is 12.1 Å². The van der Waals surface area contributed by atoms with Gasteiger partial charge in [0.15, 0.2) is 0 Å². The molecule has 0 spiro atoms. The summed E-state index contributed by atoms with van der Waals surface area (Å²) in [6.07, 6.45) is 3.99. The maximum Gasteiger partial charge on any atom is 0.335 e. The SMILES string of the molecule is CC(C)CC1(CNCc2ccc(C(=O)O)cc2)CC1. The van der Waals surface area contributed by atoms with Crippen molar-refractivity contribution in [3.63, 3.8) is 0 Å². The van der Waals surface area contributed by atoms with Gasteiger partial charge in [-0.25, -0.2) is 4.79 Å². The molecular formula is C16H23NO2. The fourth-order valence-electron chi connectivity index (χ4n) is 2.73. The lowest BCUT2D eigenvalue weighted by Crippen LogP contribution is -2.24. The van der Waals surface area contributed by atoms with E-state index in [9.17, 15) is 4.79 Å². The Bertz CT molecular complexity index is 433. The number of carboxylic acids is 1. The highest BCUT2D eigenvalue weighted by atomic mass is 16.4. The van der Waals surface area contributed by atoms with E-state index in [0.29, 0.717) is 11.0 Å². The van der Waals surface area contributed by atoms with Crippen LogP contribution in [-0.2, 0) is 6.54 Å². The van der Waals surface area contributed by atoms with Crippen LogP contribution in [0.25, 0.3) is 0 Å². The molecule has 0 aromatic heterocycles. The van der Waals surface area contributed by atoms with E-state index in [4.69, 9.17) is 5.11 Å². The number of carboxylic acid groups (broad SMARTS) is 1. The van der Waals surface area contributed by atoms with Crippen LogP contribution in [-0.4, -0.2) is 17.6 Å². The predicted molar refractivity (Wildman–Crippen MR) is 76.2 cm³/mol. The molecule has 0 amide bonds. The zero-order chi connectivity index (χ0) is 13.9. The number of benzene rings is 1. The molecule has 2 rings (SSSR count). The molecule has 19 heavy (non-hydrogen) atoms. The van der Waals surface area contributed by atoms with Crippen LogP contribution < -0.4 is 5.32 Å². The Labute approximate surface area is 115 Å². The highest BCUT2D eigenvalue weighted by molar-refractivity contribution is 5.87. The molecule has 1 aromatic carbocycles. The number of carbonyl (C=O) groups is 1. The van der Waals surface area contributed by atoms with Crippen molar-refractivity contribution in [2.24, 2.45) is 11.3 Å². The molecule has 1 aliphatic rings. The van der Waals surface area contributed by atoms with Crippen molar-refractivity contribution in [3.05, 3.63) is 35.4 Å². The quantitative estimate of drug-likeness (QED) is 0.791. The molecule has 0 saturated heterocycles. The first-order valence-electron chi connectivity index (χ1n) is 7.04. The molecule has 1 fully saturated rings. The molecule has 104 valence electrons. The first kappa shape index (κ1) is 14.1. The Hall–Kier alpha value is -1.35. The van der Waals surface area contributed by atoms with Crippen LogP contribution in [0, 0.1) is 11.3 Å². The average molecular weight is 261 g/mol. The summed E-state index contributed by atoms with van der Waals surface area (Å²) >= 11 is 0. The number of nitrogens with one attached hydrogen (secondary N) is 1. The standard InChI is InChI=1S/C16H23NO2/c1-12(2)9-16(7-8-16)11-17-10-13-3-5-14(6-4-13)15(18)19/h3-6,12,17H,7-11H2,1-2H3,(H,18,19). The van der Waals surface area contributed by atoms with E-state index in [0.717, 1.165) is 24.6 Å². The van der Waals surface area contributed by atoms with Crippen molar-refractivity contribution in [2.75, 3.05) is 6.54 Å². The predicted octanol–water partition coefficient (Wildman–Crippen LogP) is 3.30. The smallest absolute Gasteiger partial charge is 0.335 e. The minimum atomic E-state index is -0.867. The molecule has 3 nitrogen and oxygen atoms in total. The molecule has 0 heterocycles. The third-order valence-electron chi connectivity index (χ3n) is 3.83. The third kappa shape index (κ3) is 4.06. The van der Waals surface area contributed by atoms with Crippen LogP contribution in [0.5, 0.6) is 0 Å². The van der Waals surface area contributed by atoms with Crippen molar-refractivity contribution in [3.8, 4) is 0 Å².